The summed E-state index contributed by atoms with van der Waals surface area (Å²) in [5.41, 5.74) is 1.47. The van der Waals surface area contributed by atoms with E-state index >= 15 is 0 Å². The van der Waals surface area contributed by atoms with E-state index in [0.29, 0.717) is 0 Å². The Balaban J connectivity index is 1.32. The SMILES string of the molecule is OC[C@@H]1C[C@H](O)CN1CCCN1CCC(Cc2ccccc2)CC1. The summed E-state index contributed by atoms with van der Waals surface area (Å²) in [5.74, 6) is 0.830. The first-order valence-corrected chi connectivity index (χ1v) is 9.54. The highest BCUT2D eigenvalue weighted by atomic mass is 16.3. The van der Waals surface area contributed by atoms with Crippen LogP contribution in [-0.4, -0.2) is 71.5 Å². The molecule has 0 amide bonds. The van der Waals surface area contributed by atoms with Crippen LogP contribution in [-0.2, 0) is 6.42 Å². The van der Waals surface area contributed by atoms with Crippen molar-refractivity contribution in [1.82, 2.24) is 9.80 Å². The van der Waals surface area contributed by atoms with Crippen molar-refractivity contribution in [1.29, 1.82) is 0 Å². The van der Waals surface area contributed by atoms with Gasteiger partial charge in [0.1, 0.15) is 0 Å². The summed E-state index contributed by atoms with van der Waals surface area (Å²) in [4.78, 5) is 4.84. The highest BCUT2D eigenvalue weighted by Gasteiger charge is 2.29. The first-order valence-electron chi connectivity index (χ1n) is 9.54. The highest BCUT2D eigenvalue weighted by Crippen LogP contribution is 2.22. The fourth-order valence-corrected chi connectivity index (χ4v) is 4.28. The van der Waals surface area contributed by atoms with Crippen LogP contribution in [0.2, 0.25) is 0 Å². The van der Waals surface area contributed by atoms with Gasteiger partial charge in [0, 0.05) is 12.6 Å². The van der Waals surface area contributed by atoms with E-state index < -0.39 is 0 Å². The van der Waals surface area contributed by atoms with E-state index in [4.69, 9.17) is 0 Å². The van der Waals surface area contributed by atoms with Crippen LogP contribution < -0.4 is 0 Å². The number of aliphatic hydroxyl groups excluding tert-OH is 2. The van der Waals surface area contributed by atoms with Crippen LogP contribution in [0.15, 0.2) is 30.3 Å². The average molecular weight is 332 g/mol. The maximum atomic E-state index is 9.74. The minimum Gasteiger partial charge on any atom is -0.395 e. The van der Waals surface area contributed by atoms with Crippen molar-refractivity contribution in [3.05, 3.63) is 35.9 Å². The molecule has 3 rings (SSSR count). The van der Waals surface area contributed by atoms with Gasteiger partial charge in [0.25, 0.3) is 0 Å². The number of likely N-dealkylation sites (tertiary alicyclic amines) is 2. The number of aliphatic hydroxyl groups is 2. The van der Waals surface area contributed by atoms with Gasteiger partial charge in [-0.2, -0.15) is 0 Å². The zero-order valence-corrected chi connectivity index (χ0v) is 14.7. The number of hydrogen-bond acceptors (Lipinski definition) is 4. The van der Waals surface area contributed by atoms with Crippen molar-refractivity contribution in [3.63, 3.8) is 0 Å². The second kappa shape index (κ2) is 8.95. The first kappa shape index (κ1) is 17.9. The Morgan fingerprint density at radius 3 is 2.50 bits per heavy atom. The smallest absolute Gasteiger partial charge is 0.0683 e. The quantitative estimate of drug-likeness (QED) is 0.799. The maximum absolute atomic E-state index is 9.74. The van der Waals surface area contributed by atoms with Gasteiger partial charge in [-0.25, -0.2) is 0 Å². The van der Waals surface area contributed by atoms with Gasteiger partial charge in [-0.15, -0.1) is 0 Å². The largest absolute Gasteiger partial charge is 0.395 e. The molecule has 24 heavy (non-hydrogen) atoms. The van der Waals surface area contributed by atoms with Gasteiger partial charge in [-0.1, -0.05) is 30.3 Å². The first-order chi connectivity index (χ1) is 11.7. The van der Waals surface area contributed by atoms with E-state index in [2.05, 4.69) is 40.1 Å². The summed E-state index contributed by atoms with van der Waals surface area (Å²) in [7, 11) is 0. The number of piperidine rings is 1. The number of hydrogen-bond donors (Lipinski definition) is 2. The van der Waals surface area contributed by atoms with Crippen molar-refractivity contribution >= 4 is 0 Å². The highest BCUT2D eigenvalue weighted by molar-refractivity contribution is 5.15. The third kappa shape index (κ3) is 5.03. The predicted octanol–water partition coefficient (Wildman–Crippen LogP) is 1.76. The molecule has 0 spiro atoms. The van der Waals surface area contributed by atoms with Crippen molar-refractivity contribution in [2.45, 2.75) is 44.2 Å². The van der Waals surface area contributed by atoms with Crippen LogP contribution in [0.1, 0.15) is 31.2 Å². The fourth-order valence-electron chi connectivity index (χ4n) is 4.28. The second-order valence-electron chi connectivity index (χ2n) is 7.55. The molecule has 4 nitrogen and oxygen atoms in total. The Hall–Kier alpha value is -0.940. The predicted molar refractivity (Wildman–Crippen MR) is 97.0 cm³/mol. The van der Waals surface area contributed by atoms with E-state index in [1.54, 1.807) is 0 Å². The van der Waals surface area contributed by atoms with E-state index in [0.717, 1.165) is 38.4 Å². The standard InChI is InChI=1S/C20H32N2O2/c23-16-19-14-20(24)15-22(19)10-4-9-21-11-7-18(8-12-21)13-17-5-2-1-3-6-17/h1-3,5-6,18-20,23-24H,4,7-16H2/t19-,20-/m0/s1. The minimum absolute atomic E-state index is 0.164. The van der Waals surface area contributed by atoms with Gasteiger partial charge in [-0.3, -0.25) is 4.90 Å². The van der Waals surface area contributed by atoms with E-state index in [1.807, 2.05) is 0 Å². The van der Waals surface area contributed by atoms with Gasteiger partial charge in [0.15, 0.2) is 0 Å². The molecule has 2 N–H and O–H groups in total. The molecule has 134 valence electrons. The molecule has 0 saturated carbocycles. The molecular weight excluding hydrogens is 300 g/mol. The lowest BCUT2D eigenvalue weighted by Gasteiger charge is -2.32. The molecule has 0 aromatic heterocycles. The van der Waals surface area contributed by atoms with E-state index in [9.17, 15) is 10.2 Å². The Morgan fingerprint density at radius 2 is 1.79 bits per heavy atom. The molecule has 2 heterocycles. The maximum Gasteiger partial charge on any atom is 0.0683 e. The monoisotopic (exact) mass is 332 g/mol. The zero-order chi connectivity index (χ0) is 16.8. The molecule has 4 heteroatoms. The lowest BCUT2D eigenvalue weighted by Crippen LogP contribution is -2.38. The lowest BCUT2D eigenvalue weighted by atomic mass is 9.90. The van der Waals surface area contributed by atoms with Crippen LogP contribution in [0.3, 0.4) is 0 Å². The number of β-amino-alcohol motifs (C(OH)–C–C–N with tert-alkyl or cyclic N) is 1. The molecule has 1 aromatic rings. The summed E-state index contributed by atoms with van der Waals surface area (Å²) in [6.45, 7) is 5.45. The third-order valence-corrected chi connectivity index (χ3v) is 5.71. The molecule has 0 aliphatic carbocycles. The Kier molecular flexibility index (Phi) is 6.67. The summed E-state index contributed by atoms with van der Waals surface area (Å²) in [6.07, 6.45) is 5.43. The molecular formula is C20H32N2O2. The number of nitrogens with zero attached hydrogens (tertiary/aromatic N) is 2. The van der Waals surface area contributed by atoms with Crippen LogP contribution in [0.5, 0.6) is 0 Å². The Bertz CT molecular complexity index is 474. The molecule has 0 bridgehead atoms. The topological polar surface area (TPSA) is 46.9 Å². The Labute approximate surface area is 146 Å². The fraction of sp³-hybridized carbons (Fsp3) is 0.700. The van der Waals surface area contributed by atoms with E-state index in [-0.39, 0.29) is 18.8 Å². The van der Waals surface area contributed by atoms with E-state index in [1.165, 1.54) is 37.9 Å². The second-order valence-corrected chi connectivity index (χ2v) is 7.55. The van der Waals surface area contributed by atoms with Crippen LogP contribution in [0.25, 0.3) is 0 Å². The number of benzene rings is 1. The normalized spacial score (nSPS) is 26.9. The van der Waals surface area contributed by atoms with Gasteiger partial charge in [0.2, 0.25) is 0 Å². The van der Waals surface area contributed by atoms with Crippen molar-refractivity contribution < 1.29 is 10.2 Å². The van der Waals surface area contributed by atoms with Crippen molar-refractivity contribution in [2.24, 2.45) is 5.92 Å². The summed E-state index contributed by atoms with van der Waals surface area (Å²) < 4.78 is 0. The third-order valence-electron chi connectivity index (χ3n) is 5.71. The van der Waals surface area contributed by atoms with Gasteiger partial charge in [-0.05, 0) is 69.8 Å². The average Bonchev–Trinajstić information content (AvgIpc) is 2.97. The molecule has 1 aromatic carbocycles. The summed E-state index contributed by atoms with van der Waals surface area (Å²) in [5, 5.41) is 19.1. The molecule has 0 radical (unpaired) electrons. The summed E-state index contributed by atoms with van der Waals surface area (Å²) >= 11 is 0. The Morgan fingerprint density at radius 1 is 1.04 bits per heavy atom. The van der Waals surface area contributed by atoms with Crippen molar-refractivity contribution in [2.75, 3.05) is 39.3 Å². The van der Waals surface area contributed by atoms with Crippen LogP contribution in [0, 0.1) is 5.92 Å². The van der Waals surface area contributed by atoms with Gasteiger partial charge >= 0.3 is 0 Å². The minimum atomic E-state index is -0.254. The van der Waals surface area contributed by atoms with Crippen LogP contribution >= 0.6 is 0 Å². The van der Waals surface area contributed by atoms with Gasteiger partial charge < -0.3 is 15.1 Å². The molecule has 2 aliphatic heterocycles. The summed E-state index contributed by atoms with van der Waals surface area (Å²) in [6, 6.07) is 11.0. The molecule has 0 unspecified atom stereocenters. The molecule has 2 atom stereocenters. The number of rotatable bonds is 7. The van der Waals surface area contributed by atoms with Crippen LogP contribution in [0.4, 0.5) is 0 Å². The lowest BCUT2D eigenvalue weighted by molar-refractivity contribution is 0.138. The van der Waals surface area contributed by atoms with Gasteiger partial charge in [0.05, 0.1) is 12.7 Å². The zero-order valence-electron chi connectivity index (χ0n) is 14.7. The molecule has 2 saturated heterocycles. The molecule has 2 fully saturated rings. The molecule has 2 aliphatic rings. The van der Waals surface area contributed by atoms with Crippen molar-refractivity contribution in [3.8, 4) is 0 Å².